The fraction of sp³-hybridized carbons (Fsp3) is 0.188. The number of imide groups is 2. The van der Waals surface area contributed by atoms with Gasteiger partial charge in [-0.25, -0.2) is 9.59 Å². The number of nitrogens with zero attached hydrogens (tertiary/aromatic N) is 4. The number of aromatic nitrogens is 2. The summed E-state index contributed by atoms with van der Waals surface area (Å²) in [6.45, 7) is 27.1. The minimum absolute atomic E-state index is 0.0107. The number of hydrogen-bond donors (Lipinski definition) is 2. The number of pyridine rings is 2. The Hall–Kier alpha value is -14.1. The van der Waals surface area contributed by atoms with Gasteiger partial charge in [0.2, 0.25) is 0 Å². The zero-order valence-electron chi connectivity index (χ0n) is 65.6. The maximum Gasteiger partial charge on any atom is 0.335 e. The highest BCUT2D eigenvalue weighted by atomic mass is 16.5. The molecule has 15 rings (SSSR count). The van der Waals surface area contributed by atoms with Crippen LogP contribution in [-0.4, -0.2) is 79.2 Å². The second-order valence-corrected chi connectivity index (χ2v) is 30.5. The van der Waals surface area contributed by atoms with E-state index in [1.807, 2.05) is 48.5 Å². The molecule has 11 aromatic carbocycles. The highest BCUT2D eigenvalue weighted by molar-refractivity contribution is 6.45. The van der Waals surface area contributed by atoms with Crippen molar-refractivity contribution >= 4 is 102 Å². The van der Waals surface area contributed by atoms with Gasteiger partial charge in [0.25, 0.3) is 35.4 Å². The van der Waals surface area contributed by atoms with Crippen LogP contribution in [0.4, 0.5) is 11.4 Å². The van der Waals surface area contributed by atoms with Gasteiger partial charge in [-0.2, -0.15) is 0 Å². The summed E-state index contributed by atoms with van der Waals surface area (Å²) in [5.41, 5.74) is 5.59. The van der Waals surface area contributed by atoms with Crippen molar-refractivity contribution in [2.24, 2.45) is 0 Å². The van der Waals surface area contributed by atoms with Crippen LogP contribution in [0.1, 0.15) is 168 Å². The summed E-state index contributed by atoms with van der Waals surface area (Å²) in [7, 11) is 0. The molecule has 6 amide bonds. The molecule has 0 saturated carbocycles. The number of carbonyl (C=O) groups excluding carboxylic acids is 8. The molecule has 0 fully saturated rings. The molecule has 0 saturated heterocycles. The maximum absolute atomic E-state index is 16.8. The van der Waals surface area contributed by atoms with Gasteiger partial charge in [0, 0.05) is 115 Å². The summed E-state index contributed by atoms with van der Waals surface area (Å²) in [5, 5.41) is 6.98. The van der Waals surface area contributed by atoms with Crippen LogP contribution in [0, 0.1) is 0 Å². The van der Waals surface area contributed by atoms with Crippen LogP contribution in [0.3, 0.4) is 0 Å². The van der Waals surface area contributed by atoms with Gasteiger partial charge in [0.1, 0.15) is 69.6 Å². The molecule has 4 heterocycles. The molecule has 2 atom stereocenters. The van der Waals surface area contributed by atoms with Gasteiger partial charge in [-0.3, -0.25) is 48.5 Å². The van der Waals surface area contributed by atoms with Crippen molar-refractivity contribution in [2.75, 3.05) is 10.6 Å². The lowest BCUT2D eigenvalue weighted by molar-refractivity contribution is -0.139. The van der Waals surface area contributed by atoms with Crippen LogP contribution in [0.5, 0.6) is 57.5 Å². The number of fused-ring (bicyclic) bond motifs is 2. The van der Waals surface area contributed by atoms with E-state index in [2.05, 4.69) is 89.1 Å². The zero-order valence-corrected chi connectivity index (χ0v) is 65.6. The van der Waals surface area contributed by atoms with Crippen LogP contribution in [-0.2, 0) is 32.0 Å². The zero-order chi connectivity index (χ0) is 81.7. The van der Waals surface area contributed by atoms with Crippen molar-refractivity contribution in [2.45, 2.75) is 118 Å². The summed E-state index contributed by atoms with van der Waals surface area (Å²) < 4.78 is 41.8. The molecule has 2 N–H and O–H groups in total. The first-order valence-corrected chi connectivity index (χ1v) is 38.3. The van der Waals surface area contributed by atoms with Crippen LogP contribution < -0.4 is 39.1 Å². The standard InChI is InChI=1S/C96H82N6O14/c1-51(2)59-19-27-65(28-20-59)111-77-47-71-81-72(92(106)101(91(71)105)75(43-57-35-39-97-40-36-57)95(109)115-69-17-13-15-63(45-69)99-89(103)55(9)10)49-79(113-67-31-23-61(24-32-67)53(5)6)85-86-80(114-68-33-25-62(26-34-68)54(7)8)50-74-82-73(48-78(84(88(82)86)83(77)87(81)85)112-66-29-21-60(22-30-66)52(3)4)93(107)102(94(74)108)76(44-58-37-41-98-42-38-58)96(110)116-70-18-14-16-64(46-70)100-90(104)56(11)12/h13-42,45-54,75-76H,9,11,43-44H2,1-8,10,12H3,(H,99,103)(H,100,104). The van der Waals surface area contributed by atoms with Gasteiger partial charge in [-0.15, -0.1) is 0 Å². The highest BCUT2D eigenvalue weighted by Gasteiger charge is 2.47. The van der Waals surface area contributed by atoms with Gasteiger partial charge in [-0.1, -0.05) is 129 Å². The average molecular weight is 1540 g/mol. The molecule has 0 bridgehead atoms. The summed E-state index contributed by atoms with van der Waals surface area (Å²) in [5.74, 6) is -5.03. The van der Waals surface area contributed by atoms with Crippen LogP contribution in [0.2, 0.25) is 0 Å². The third-order valence-electron chi connectivity index (χ3n) is 21.0. The lowest BCUT2D eigenvalue weighted by Gasteiger charge is -2.35. The van der Waals surface area contributed by atoms with E-state index in [9.17, 15) is 9.59 Å². The predicted molar refractivity (Wildman–Crippen MR) is 446 cm³/mol. The molecular formula is C96H82N6O14. The second-order valence-electron chi connectivity index (χ2n) is 30.5. The van der Waals surface area contributed by atoms with Gasteiger partial charge >= 0.3 is 11.9 Å². The third kappa shape index (κ3) is 15.1. The SMILES string of the molecule is C=C(C)C(=O)Nc1cccc(OC(=O)C(Cc2ccncc2)N2C(=O)c3cc(Oc4ccc(C(C)C)cc4)c4c5c(Oc6ccc(C(C)C)cc6)cc6c7c(cc(Oc8ccc(C(C)C)cc8)c(c8c(Oc9ccc(C(C)C)cc9)cc(c3c48)C2=O)c75)C(=O)N(C(Cc2ccncc2)C(=O)Oc2cccc(NC(=O)C(=C)C)c2)C6=O)c1. The van der Waals surface area contributed by atoms with E-state index in [1.54, 1.807) is 111 Å². The summed E-state index contributed by atoms with van der Waals surface area (Å²) in [6, 6.07) is 51.5. The summed E-state index contributed by atoms with van der Waals surface area (Å²) >= 11 is 0. The van der Waals surface area contributed by atoms with E-state index < -0.39 is 59.5 Å². The van der Waals surface area contributed by atoms with E-state index in [4.69, 9.17) is 28.4 Å². The molecule has 2 unspecified atom stereocenters. The van der Waals surface area contributed by atoms with Gasteiger partial charge in [0.05, 0.1) is 22.3 Å². The van der Waals surface area contributed by atoms with Crippen molar-refractivity contribution in [3.05, 3.63) is 299 Å². The molecule has 0 spiro atoms. The fourth-order valence-corrected chi connectivity index (χ4v) is 14.8. The molecule has 116 heavy (non-hydrogen) atoms. The molecule has 2 aromatic heterocycles. The number of esters is 2. The summed E-state index contributed by atoms with van der Waals surface area (Å²) in [4.78, 5) is 134. The quantitative estimate of drug-likeness (QED) is 0.0128. The Balaban J connectivity index is 1.05. The minimum Gasteiger partial charge on any atom is -0.457 e. The van der Waals surface area contributed by atoms with Gasteiger partial charge in [-0.05, 0) is 192 Å². The van der Waals surface area contributed by atoms with E-state index >= 15 is 28.8 Å². The Morgan fingerprint density at radius 1 is 0.345 bits per heavy atom. The highest BCUT2D eigenvalue weighted by Crippen LogP contribution is 2.58. The average Bonchev–Trinajstić information content (AvgIpc) is 0.670. The fourth-order valence-electron chi connectivity index (χ4n) is 14.8. The van der Waals surface area contributed by atoms with E-state index in [0.717, 1.165) is 32.1 Å². The lowest BCUT2D eigenvalue weighted by atomic mass is 9.80. The largest absolute Gasteiger partial charge is 0.457 e. The monoisotopic (exact) mass is 1540 g/mol. The Morgan fingerprint density at radius 3 is 0.862 bits per heavy atom. The number of ether oxygens (including phenoxy) is 6. The first-order valence-electron chi connectivity index (χ1n) is 38.3. The Kier molecular flexibility index (Phi) is 21.2. The van der Waals surface area contributed by atoms with Gasteiger partial charge < -0.3 is 39.1 Å². The Bertz CT molecular complexity index is 5550. The minimum atomic E-state index is -1.70. The number of rotatable bonds is 26. The molecule has 13 aromatic rings. The van der Waals surface area contributed by atoms with E-state index in [-0.39, 0.29) is 159 Å². The molecule has 20 heteroatoms. The van der Waals surface area contributed by atoms with Crippen molar-refractivity contribution in [3.63, 3.8) is 0 Å². The lowest BCUT2D eigenvalue weighted by Crippen LogP contribution is -2.53. The molecule has 580 valence electrons. The topological polar surface area (TPSA) is 248 Å². The van der Waals surface area contributed by atoms with Crippen molar-refractivity contribution in [1.82, 2.24) is 19.8 Å². The van der Waals surface area contributed by atoms with Crippen molar-refractivity contribution in [1.29, 1.82) is 0 Å². The molecule has 0 radical (unpaired) electrons. The molecule has 2 aliphatic rings. The molecule has 20 nitrogen and oxygen atoms in total. The van der Waals surface area contributed by atoms with Crippen LogP contribution in [0.25, 0.3) is 43.1 Å². The number of nitrogens with one attached hydrogen (secondary N) is 2. The predicted octanol–water partition coefficient (Wildman–Crippen LogP) is 20.8. The van der Waals surface area contributed by atoms with Crippen molar-refractivity contribution < 1.29 is 66.8 Å². The molecular weight excluding hydrogens is 1460 g/mol. The number of amides is 6. The van der Waals surface area contributed by atoms with E-state index in [0.29, 0.717) is 34.1 Å². The Labute approximate surface area is 669 Å². The number of benzene rings is 11. The maximum atomic E-state index is 16.8. The van der Waals surface area contributed by atoms with Gasteiger partial charge in [0.15, 0.2) is 0 Å². The second kappa shape index (κ2) is 31.8. The third-order valence-corrected chi connectivity index (χ3v) is 21.0. The molecule has 2 aliphatic heterocycles. The van der Waals surface area contributed by atoms with Crippen molar-refractivity contribution in [3.8, 4) is 57.5 Å². The molecule has 0 aliphatic carbocycles. The Morgan fingerprint density at radius 2 is 0.612 bits per heavy atom. The number of anilines is 2. The van der Waals surface area contributed by atoms with Crippen LogP contribution in [0.15, 0.2) is 243 Å². The van der Waals surface area contributed by atoms with Crippen LogP contribution >= 0.6 is 0 Å². The van der Waals surface area contributed by atoms with E-state index in [1.165, 1.54) is 73.3 Å². The number of hydrogen-bond acceptors (Lipinski definition) is 16. The first-order chi connectivity index (χ1) is 55.7. The first kappa shape index (κ1) is 77.2. The smallest absolute Gasteiger partial charge is 0.335 e. The summed E-state index contributed by atoms with van der Waals surface area (Å²) in [6.07, 6.45) is 5.58. The normalized spacial score (nSPS) is 13.1. The number of carbonyl (C=O) groups is 8.